The third-order valence-corrected chi connectivity index (χ3v) is 5.56. The first-order chi connectivity index (χ1) is 14.9. The van der Waals surface area contributed by atoms with Crippen molar-refractivity contribution in [2.45, 2.75) is 45.8 Å². The molecule has 1 aliphatic heterocycles. The predicted molar refractivity (Wildman–Crippen MR) is 116 cm³/mol. The number of morpholine rings is 1. The van der Waals surface area contributed by atoms with Gasteiger partial charge in [0.05, 0.1) is 30.6 Å². The summed E-state index contributed by atoms with van der Waals surface area (Å²) in [5.74, 6) is -0.496. The average molecular weight is 449 g/mol. The molecule has 0 aliphatic carbocycles. The molecule has 0 saturated carbocycles. The highest BCUT2D eigenvalue weighted by molar-refractivity contribution is 7.13. The number of hydrogen-bond donors (Lipinski definition) is 1. The van der Waals surface area contributed by atoms with Crippen molar-refractivity contribution in [1.29, 1.82) is 0 Å². The molecule has 0 spiro atoms. The van der Waals surface area contributed by atoms with Gasteiger partial charge in [-0.15, -0.1) is 11.3 Å². The Morgan fingerprint density at radius 3 is 2.68 bits per heavy atom. The van der Waals surface area contributed by atoms with Crippen LogP contribution in [0.3, 0.4) is 0 Å². The lowest BCUT2D eigenvalue weighted by Gasteiger charge is -2.35. The van der Waals surface area contributed by atoms with E-state index in [-0.39, 0.29) is 48.7 Å². The number of nitrogens with one attached hydrogen (secondary N) is 1. The molecule has 31 heavy (non-hydrogen) atoms. The van der Waals surface area contributed by atoms with E-state index in [1.807, 2.05) is 20.8 Å². The van der Waals surface area contributed by atoms with Gasteiger partial charge in [0.1, 0.15) is 6.54 Å². The van der Waals surface area contributed by atoms with E-state index in [0.29, 0.717) is 36.9 Å². The van der Waals surface area contributed by atoms with Gasteiger partial charge in [-0.1, -0.05) is 6.92 Å². The van der Waals surface area contributed by atoms with Crippen molar-refractivity contribution in [3.8, 4) is 0 Å². The maximum absolute atomic E-state index is 12.6. The molecule has 1 saturated heterocycles. The second-order valence-electron chi connectivity index (χ2n) is 7.63. The standard InChI is InChI=1S/C21H28N4O5S/c1-4-7-24(20(28)17-6-5-8-29-17)12-18(26)23-21-22-16(13-31-21)9-19(27)25-10-14(2)30-15(3)11-25/h5-6,8,13-15H,4,7,9-12H2,1-3H3,(H,22,23,26). The van der Waals surface area contributed by atoms with Gasteiger partial charge in [-0.25, -0.2) is 4.98 Å². The van der Waals surface area contributed by atoms with E-state index < -0.39 is 0 Å². The Balaban J connectivity index is 1.54. The topological polar surface area (TPSA) is 105 Å². The van der Waals surface area contributed by atoms with Crippen molar-refractivity contribution in [3.63, 3.8) is 0 Å². The maximum atomic E-state index is 12.6. The number of carbonyl (C=O) groups is 3. The van der Waals surface area contributed by atoms with E-state index in [9.17, 15) is 14.4 Å². The van der Waals surface area contributed by atoms with Gasteiger partial charge in [0.25, 0.3) is 5.91 Å². The minimum absolute atomic E-state index is 0.00735. The van der Waals surface area contributed by atoms with Crippen molar-refractivity contribution in [1.82, 2.24) is 14.8 Å². The Labute approximate surface area is 185 Å². The molecule has 1 N–H and O–H groups in total. The maximum Gasteiger partial charge on any atom is 0.290 e. The predicted octanol–water partition coefficient (Wildman–Crippen LogP) is 2.41. The fraction of sp³-hybridized carbons (Fsp3) is 0.524. The summed E-state index contributed by atoms with van der Waals surface area (Å²) in [6, 6.07) is 3.21. The normalized spacial score (nSPS) is 18.6. The number of nitrogens with zero attached hydrogens (tertiary/aromatic N) is 3. The summed E-state index contributed by atoms with van der Waals surface area (Å²) in [7, 11) is 0. The van der Waals surface area contributed by atoms with Gasteiger partial charge in [0.2, 0.25) is 11.8 Å². The molecule has 0 bridgehead atoms. The highest BCUT2D eigenvalue weighted by Gasteiger charge is 2.26. The lowest BCUT2D eigenvalue weighted by Crippen LogP contribution is -2.48. The fourth-order valence-corrected chi connectivity index (χ4v) is 4.23. The smallest absolute Gasteiger partial charge is 0.290 e. The molecule has 2 unspecified atom stereocenters. The van der Waals surface area contributed by atoms with Crippen LogP contribution in [-0.4, -0.2) is 70.9 Å². The Morgan fingerprint density at radius 2 is 2.03 bits per heavy atom. The third kappa shape index (κ3) is 6.38. The average Bonchev–Trinajstić information content (AvgIpc) is 3.38. The number of anilines is 1. The Morgan fingerprint density at radius 1 is 1.29 bits per heavy atom. The quantitative estimate of drug-likeness (QED) is 0.665. The number of furan rings is 1. The molecule has 0 aromatic carbocycles. The number of amides is 3. The van der Waals surface area contributed by atoms with Gasteiger partial charge in [-0.3, -0.25) is 14.4 Å². The van der Waals surface area contributed by atoms with Crippen molar-refractivity contribution in [3.05, 3.63) is 35.2 Å². The molecule has 168 valence electrons. The first-order valence-corrected chi connectivity index (χ1v) is 11.2. The second kappa shape index (κ2) is 10.5. The van der Waals surface area contributed by atoms with Crippen LogP contribution < -0.4 is 5.32 Å². The number of rotatable bonds is 8. The van der Waals surface area contributed by atoms with Gasteiger partial charge in [-0.05, 0) is 32.4 Å². The fourth-order valence-electron chi connectivity index (χ4n) is 3.50. The van der Waals surface area contributed by atoms with Crippen LogP contribution in [0.5, 0.6) is 0 Å². The summed E-state index contributed by atoms with van der Waals surface area (Å²) in [6.07, 6.45) is 2.32. The monoisotopic (exact) mass is 448 g/mol. The van der Waals surface area contributed by atoms with E-state index >= 15 is 0 Å². The third-order valence-electron chi connectivity index (χ3n) is 4.75. The van der Waals surface area contributed by atoms with Crippen LogP contribution in [0.4, 0.5) is 5.13 Å². The molecule has 2 atom stereocenters. The second-order valence-corrected chi connectivity index (χ2v) is 8.49. The zero-order valence-electron chi connectivity index (χ0n) is 18.0. The Kier molecular flexibility index (Phi) is 7.80. The zero-order valence-corrected chi connectivity index (χ0v) is 18.8. The summed E-state index contributed by atoms with van der Waals surface area (Å²) in [5.41, 5.74) is 0.606. The van der Waals surface area contributed by atoms with Crippen molar-refractivity contribution in [2.75, 3.05) is 31.5 Å². The molecule has 2 aromatic heterocycles. The molecular weight excluding hydrogens is 420 g/mol. The molecule has 3 heterocycles. The summed E-state index contributed by atoms with van der Waals surface area (Å²) in [5, 5.41) is 4.88. The molecule has 10 heteroatoms. The zero-order chi connectivity index (χ0) is 22.4. The summed E-state index contributed by atoms with van der Waals surface area (Å²) < 4.78 is 10.8. The molecule has 3 amide bonds. The first-order valence-electron chi connectivity index (χ1n) is 10.4. The van der Waals surface area contributed by atoms with Crippen molar-refractivity contribution < 1.29 is 23.5 Å². The minimum atomic E-state index is -0.351. The van der Waals surface area contributed by atoms with E-state index in [2.05, 4.69) is 10.3 Å². The van der Waals surface area contributed by atoms with Gasteiger partial charge in [0.15, 0.2) is 10.9 Å². The van der Waals surface area contributed by atoms with Crippen molar-refractivity contribution >= 4 is 34.2 Å². The molecule has 0 radical (unpaired) electrons. The largest absolute Gasteiger partial charge is 0.459 e. The lowest BCUT2D eigenvalue weighted by molar-refractivity contribution is -0.142. The summed E-state index contributed by atoms with van der Waals surface area (Å²) in [6.45, 7) is 7.28. The SMILES string of the molecule is CCCN(CC(=O)Nc1nc(CC(=O)N2CC(C)OC(C)C2)cs1)C(=O)c1ccco1. The number of hydrogen-bond acceptors (Lipinski definition) is 7. The highest BCUT2D eigenvalue weighted by Crippen LogP contribution is 2.18. The summed E-state index contributed by atoms with van der Waals surface area (Å²) in [4.78, 5) is 45.1. The number of carbonyl (C=O) groups excluding carboxylic acids is 3. The molecule has 9 nitrogen and oxygen atoms in total. The van der Waals surface area contributed by atoms with Gasteiger partial charge in [0, 0.05) is 25.0 Å². The van der Waals surface area contributed by atoms with E-state index in [1.54, 1.807) is 22.4 Å². The highest BCUT2D eigenvalue weighted by atomic mass is 32.1. The molecule has 2 aromatic rings. The molecule has 1 fully saturated rings. The molecule has 3 rings (SSSR count). The van der Waals surface area contributed by atoms with E-state index in [0.717, 1.165) is 0 Å². The van der Waals surface area contributed by atoms with Crippen LogP contribution in [0.2, 0.25) is 0 Å². The number of ether oxygens (including phenoxy) is 1. The summed E-state index contributed by atoms with van der Waals surface area (Å²) >= 11 is 1.25. The number of thiazole rings is 1. The Bertz CT molecular complexity index is 887. The van der Waals surface area contributed by atoms with Crippen LogP contribution in [0.1, 0.15) is 43.4 Å². The van der Waals surface area contributed by atoms with Crippen molar-refractivity contribution in [2.24, 2.45) is 0 Å². The first kappa shape index (κ1) is 23.0. The molecular formula is C21H28N4O5S. The van der Waals surface area contributed by atoms with Gasteiger partial charge < -0.3 is 24.3 Å². The van der Waals surface area contributed by atoms with Crippen LogP contribution >= 0.6 is 11.3 Å². The van der Waals surface area contributed by atoms with Crippen LogP contribution in [0.25, 0.3) is 0 Å². The van der Waals surface area contributed by atoms with Crippen LogP contribution in [0.15, 0.2) is 28.2 Å². The van der Waals surface area contributed by atoms with Gasteiger partial charge in [-0.2, -0.15) is 0 Å². The lowest BCUT2D eigenvalue weighted by atomic mass is 10.2. The van der Waals surface area contributed by atoms with E-state index in [1.165, 1.54) is 22.5 Å². The van der Waals surface area contributed by atoms with Crippen LogP contribution in [-0.2, 0) is 20.7 Å². The Hall–Kier alpha value is -2.72. The van der Waals surface area contributed by atoms with E-state index in [4.69, 9.17) is 9.15 Å². The molecule has 1 aliphatic rings. The van der Waals surface area contributed by atoms with Gasteiger partial charge >= 0.3 is 0 Å². The van der Waals surface area contributed by atoms with Crippen LogP contribution in [0, 0.1) is 0 Å². The number of aromatic nitrogens is 1. The minimum Gasteiger partial charge on any atom is -0.459 e.